The molecule has 0 atom stereocenters. The van der Waals surface area contributed by atoms with Crippen molar-refractivity contribution < 1.29 is 9.53 Å². The summed E-state index contributed by atoms with van der Waals surface area (Å²) in [6.07, 6.45) is 2.06. The normalized spacial score (nSPS) is 10.4. The first-order valence-electron chi connectivity index (χ1n) is 6.76. The molecule has 1 aromatic heterocycles. The Balaban J connectivity index is 2.24. The van der Waals surface area contributed by atoms with Gasteiger partial charge in [0.2, 0.25) is 0 Å². The molecule has 2 rings (SSSR count). The minimum atomic E-state index is 0.0409. The molecule has 0 N–H and O–H groups in total. The zero-order valence-electron chi connectivity index (χ0n) is 12.4. The van der Waals surface area contributed by atoms with E-state index in [2.05, 4.69) is 18.0 Å². The minimum absolute atomic E-state index is 0.0409. The van der Waals surface area contributed by atoms with Gasteiger partial charge in [-0.3, -0.25) is 4.79 Å². The summed E-state index contributed by atoms with van der Waals surface area (Å²) in [5.41, 5.74) is 3.96. The van der Waals surface area contributed by atoms with Gasteiger partial charge >= 0.3 is 0 Å². The molecule has 20 heavy (non-hydrogen) atoms. The summed E-state index contributed by atoms with van der Waals surface area (Å²) < 4.78 is 5.87. The fourth-order valence-corrected chi connectivity index (χ4v) is 2.02. The Labute approximate surface area is 119 Å². The minimum Gasteiger partial charge on any atom is -0.455 e. The van der Waals surface area contributed by atoms with Crippen LogP contribution in [0.5, 0.6) is 11.5 Å². The Morgan fingerprint density at radius 2 is 1.95 bits per heavy atom. The highest BCUT2D eigenvalue weighted by Crippen LogP contribution is 2.28. The van der Waals surface area contributed by atoms with E-state index in [9.17, 15) is 4.79 Å². The summed E-state index contributed by atoms with van der Waals surface area (Å²) in [5.74, 6) is 1.52. The van der Waals surface area contributed by atoms with E-state index in [4.69, 9.17) is 4.74 Å². The van der Waals surface area contributed by atoms with Gasteiger partial charge in [-0.15, -0.1) is 0 Å². The predicted octanol–water partition coefficient (Wildman–Crippen LogP) is 4.39. The molecule has 0 bridgehead atoms. The van der Waals surface area contributed by atoms with E-state index in [1.54, 1.807) is 18.3 Å². The van der Waals surface area contributed by atoms with Crippen molar-refractivity contribution in [2.45, 2.75) is 34.1 Å². The van der Waals surface area contributed by atoms with Gasteiger partial charge in [-0.1, -0.05) is 13.0 Å². The Hall–Kier alpha value is -2.16. The standard InChI is InChI=1S/C17H19NO2/c1-5-16(19)15-7-6-14(10-18-15)20-17-9-11(2)8-12(3)13(17)4/h6-10H,5H2,1-4H3. The second-order valence-electron chi connectivity index (χ2n) is 4.96. The molecule has 0 fully saturated rings. The van der Waals surface area contributed by atoms with E-state index in [1.165, 1.54) is 5.56 Å². The van der Waals surface area contributed by atoms with E-state index in [1.807, 2.05) is 26.8 Å². The van der Waals surface area contributed by atoms with E-state index < -0.39 is 0 Å². The number of hydrogen-bond acceptors (Lipinski definition) is 3. The molecule has 3 nitrogen and oxygen atoms in total. The summed E-state index contributed by atoms with van der Waals surface area (Å²) >= 11 is 0. The topological polar surface area (TPSA) is 39.2 Å². The van der Waals surface area contributed by atoms with Gasteiger partial charge in [0.25, 0.3) is 0 Å². The van der Waals surface area contributed by atoms with Crippen molar-refractivity contribution in [3.63, 3.8) is 0 Å². The van der Waals surface area contributed by atoms with E-state index in [0.717, 1.165) is 16.9 Å². The summed E-state index contributed by atoms with van der Waals surface area (Å²) in [5, 5.41) is 0. The van der Waals surface area contributed by atoms with Crippen LogP contribution in [0.1, 0.15) is 40.5 Å². The Bertz CT molecular complexity index is 630. The van der Waals surface area contributed by atoms with Gasteiger partial charge in [-0.2, -0.15) is 0 Å². The van der Waals surface area contributed by atoms with Crippen molar-refractivity contribution in [2.24, 2.45) is 0 Å². The molecule has 2 aromatic rings. The first-order chi connectivity index (χ1) is 9.51. The number of ketones is 1. The molecule has 0 saturated heterocycles. The molecule has 0 radical (unpaired) electrons. The molecule has 0 unspecified atom stereocenters. The number of hydrogen-bond donors (Lipinski definition) is 0. The largest absolute Gasteiger partial charge is 0.455 e. The number of nitrogens with zero attached hydrogens (tertiary/aromatic N) is 1. The number of aromatic nitrogens is 1. The van der Waals surface area contributed by atoms with E-state index in [0.29, 0.717) is 17.9 Å². The zero-order valence-corrected chi connectivity index (χ0v) is 12.4. The van der Waals surface area contributed by atoms with Crippen molar-refractivity contribution in [2.75, 3.05) is 0 Å². The Kier molecular flexibility index (Phi) is 4.18. The van der Waals surface area contributed by atoms with Gasteiger partial charge in [0.1, 0.15) is 17.2 Å². The quantitative estimate of drug-likeness (QED) is 0.773. The third-order valence-corrected chi connectivity index (χ3v) is 3.34. The van der Waals surface area contributed by atoms with Crippen LogP contribution in [0.3, 0.4) is 0 Å². The number of ether oxygens (including phenoxy) is 1. The number of benzene rings is 1. The Morgan fingerprint density at radius 3 is 2.55 bits per heavy atom. The van der Waals surface area contributed by atoms with Crippen molar-refractivity contribution in [1.29, 1.82) is 0 Å². The monoisotopic (exact) mass is 269 g/mol. The fraction of sp³-hybridized carbons (Fsp3) is 0.294. The molecule has 104 valence electrons. The van der Waals surface area contributed by atoms with Crippen LogP contribution in [0.25, 0.3) is 0 Å². The van der Waals surface area contributed by atoms with E-state index in [-0.39, 0.29) is 5.78 Å². The molecule has 0 aliphatic heterocycles. The van der Waals surface area contributed by atoms with Gasteiger partial charge in [0.05, 0.1) is 6.20 Å². The van der Waals surface area contributed by atoms with Gasteiger partial charge in [0.15, 0.2) is 5.78 Å². The summed E-state index contributed by atoms with van der Waals surface area (Å²) in [6.45, 7) is 7.97. The lowest BCUT2D eigenvalue weighted by atomic mass is 10.1. The molecule has 0 saturated carbocycles. The maximum absolute atomic E-state index is 11.5. The highest BCUT2D eigenvalue weighted by Gasteiger charge is 2.08. The van der Waals surface area contributed by atoms with Crippen LogP contribution < -0.4 is 4.74 Å². The van der Waals surface area contributed by atoms with Gasteiger partial charge in [0, 0.05) is 6.42 Å². The molecule has 1 aromatic carbocycles. The van der Waals surface area contributed by atoms with Gasteiger partial charge in [-0.25, -0.2) is 4.98 Å². The fourth-order valence-electron chi connectivity index (χ4n) is 2.02. The molecule has 0 aliphatic carbocycles. The van der Waals surface area contributed by atoms with Crippen LogP contribution in [0.15, 0.2) is 30.5 Å². The number of pyridine rings is 1. The van der Waals surface area contributed by atoms with Crippen molar-refractivity contribution in [3.8, 4) is 11.5 Å². The average Bonchev–Trinajstić information content (AvgIpc) is 2.44. The van der Waals surface area contributed by atoms with Gasteiger partial charge < -0.3 is 4.74 Å². The SMILES string of the molecule is CCC(=O)c1ccc(Oc2cc(C)cc(C)c2C)cn1. The van der Waals surface area contributed by atoms with Gasteiger partial charge in [-0.05, 0) is 55.7 Å². The van der Waals surface area contributed by atoms with Crippen molar-refractivity contribution in [3.05, 3.63) is 52.8 Å². The zero-order chi connectivity index (χ0) is 14.7. The molecule has 0 spiro atoms. The number of carbonyl (C=O) groups is 1. The van der Waals surface area contributed by atoms with Crippen LogP contribution in [-0.2, 0) is 0 Å². The maximum atomic E-state index is 11.5. The summed E-state index contributed by atoms with van der Waals surface area (Å²) in [6, 6.07) is 7.63. The van der Waals surface area contributed by atoms with Crippen LogP contribution >= 0.6 is 0 Å². The second kappa shape index (κ2) is 5.87. The van der Waals surface area contributed by atoms with E-state index >= 15 is 0 Å². The third-order valence-electron chi connectivity index (χ3n) is 3.34. The number of rotatable bonds is 4. The third kappa shape index (κ3) is 3.05. The first kappa shape index (κ1) is 14.3. The molecular formula is C17H19NO2. The highest BCUT2D eigenvalue weighted by molar-refractivity contribution is 5.93. The molecule has 1 heterocycles. The summed E-state index contributed by atoms with van der Waals surface area (Å²) in [7, 11) is 0. The molecular weight excluding hydrogens is 250 g/mol. The highest BCUT2D eigenvalue weighted by atomic mass is 16.5. The first-order valence-corrected chi connectivity index (χ1v) is 6.76. The van der Waals surface area contributed by atoms with Crippen molar-refractivity contribution in [1.82, 2.24) is 4.98 Å². The number of carbonyl (C=O) groups excluding carboxylic acids is 1. The van der Waals surface area contributed by atoms with Crippen LogP contribution in [0.2, 0.25) is 0 Å². The average molecular weight is 269 g/mol. The molecule has 0 aliphatic rings. The number of aryl methyl sites for hydroxylation is 2. The van der Waals surface area contributed by atoms with Crippen molar-refractivity contribution >= 4 is 5.78 Å². The Morgan fingerprint density at radius 1 is 1.20 bits per heavy atom. The van der Waals surface area contributed by atoms with Crippen LogP contribution in [-0.4, -0.2) is 10.8 Å². The lowest BCUT2D eigenvalue weighted by molar-refractivity contribution is 0.0983. The maximum Gasteiger partial charge on any atom is 0.180 e. The molecule has 3 heteroatoms. The lowest BCUT2D eigenvalue weighted by Crippen LogP contribution is -2.00. The van der Waals surface area contributed by atoms with Crippen LogP contribution in [0, 0.1) is 20.8 Å². The molecule has 0 amide bonds. The predicted molar refractivity (Wildman–Crippen MR) is 79.6 cm³/mol. The number of Topliss-reactive ketones (excluding diaryl/α,β-unsaturated/α-hetero) is 1. The second-order valence-corrected chi connectivity index (χ2v) is 4.96. The lowest BCUT2D eigenvalue weighted by Gasteiger charge is -2.12. The summed E-state index contributed by atoms with van der Waals surface area (Å²) in [4.78, 5) is 15.7. The smallest absolute Gasteiger partial charge is 0.180 e. The van der Waals surface area contributed by atoms with Crippen LogP contribution in [0.4, 0.5) is 0 Å².